The average Bonchev–Trinajstić information content (AvgIpc) is 2.64. The van der Waals surface area contributed by atoms with Crippen LogP contribution in [0.25, 0.3) is 0 Å². The van der Waals surface area contributed by atoms with E-state index in [0.29, 0.717) is 22.8 Å². The minimum Gasteiger partial charge on any atom is -0.459 e. The molecular formula is C19H18Cl2FNO3S. The lowest BCUT2D eigenvalue weighted by Crippen LogP contribution is -2.42. The van der Waals surface area contributed by atoms with Gasteiger partial charge in [-0.3, -0.25) is 4.79 Å². The second-order valence-electron chi connectivity index (χ2n) is 5.67. The van der Waals surface area contributed by atoms with Gasteiger partial charge in [-0.2, -0.15) is 11.8 Å². The standard InChI is InChI=1S/C19H18Cl2FNO3S/c1-27-9-8-17(19(25)26-11-12-2-5-14(22)6-3-12)23-18(24)15-7-4-13(20)10-16(15)21/h2-7,10,17H,8-9,11H2,1H3,(H,23,24). The molecule has 1 atom stereocenters. The summed E-state index contributed by atoms with van der Waals surface area (Å²) in [5, 5.41) is 3.27. The molecule has 0 saturated heterocycles. The first-order valence-electron chi connectivity index (χ1n) is 8.06. The van der Waals surface area contributed by atoms with E-state index in [4.69, 9.17) is 27.9 Å². The third-order valence-corrected chi connectivity index (χ3v) is 4.86. The number of benzene rings is 2. The molecule has 0 heterocycles. The number of ether oxygens (including phenoxy) is 1. The summed E-state index contributed by atoms with van der Waals surface area (Å²) >= 11 is 13.4. The molecular weight excluding hydrogens is 412 g/mol. The van der Waals surface area contributed by atoms with Gasteiger partial charge in [0.1, 0.15) is 18.5 Å². The molecule has 0 radical (unpaired) electrons. The van der Waals surface area contributed by atoms with Gasteiger partial charge in [0.15, 0.2) is 0 Å². The highest BCUT2D eigenvalue weighted by molar-refractivity contribution is 7.98. The second-order valence-corrected chi connectivity index (χ2v) is 7.50. The summed E-state index contributed by atoms with van der Waals surface area (Å²) < 4.78 is 18.2. The molecule has 2 rings (SSSR count). The number of carbonyl (C=O) groups is 2. The van der Waals surface area contributed by atoms with Crippen molar-refractivity contribution in [3.05, 3.63) is 69.5 Å². The molecule has 2 aromatic rings. The Morgan fingerprint density at radius 2 is 1.89 bits per heavy atom. The lowest BCUT2D eigenvalue weighted by Gasteiger charge is -2.18. The van der Waals surface area contributed by atoms with Gasteiger partial charge in [0.2, 0.25) is 0 Å². The highest BCUT2D eigenvalue weighted by Crippen LogP contribution is 2.21. The van der Waals surface area contributed by atoms with Crippen LogP contribution in [0.5, 0.6) is 0 Å². The van der Waals surface area contributed by atoms with Crippen LogP contribution in [0.4, 0.5) is 4.39 Å². The van der Waals surface area contributed by atoms with Crippen molar-refractivity contribution >= 4 is 46.8 Å². The fraction of sp³-hybridized carbons (Fsp3) is 0.263. The Bertz CT molecular complexity index is 802. The van der Waals surface area contributed by atoms with E-state index in [1.54, 1.807) is 17.8 Å². The van der Waals surface area contributed by atoms with Crippen LogP contribution in [0.1, 0.15) is 22.3 Å². The Kier molecular flexibility index (Phi) is 8.41. The van der Waals surface area contributed by atoms with Crippen molar-refractivity contribution in [1.82, 2.24) is 5.32 Å². The zero-order valence-corrected chi connectivity index (χ0v) is 16.8. The van der Waals surface area contributed by atoms with Gasteiger partial charge in [-0.25, -0.2) is 9.18 Å². The highest BCUT2D eigenvalue weighted by atomic mass is 35.5. The number of carbonyl (C=O) groups excluding carboxylic acids is 2. The summed E-state index contributed by atoms with van der Waals surface area (Å²) in [4.78, 5) is 24.9. The van der Waals surface area contributed by atoms with Crippen molar-refractivity contribution in [2.45, 2.75) is 19.1 Å². The molecule has 4 nitrogen and oxygen atoms in total. The smallest absolute Gasteiger partial charge is 0.329 e. The number of rotatable bonds is 8. The Morgan fingerprint density at radius 1 is 1.19 bits per heavy atom. The van der Waals surface area contributed by atoms with Crippen LogP contribution in [0.3, 0.4) is 0 Å². The van der Waals surface area contributed by atoms with Gasteiger partial charge in [0, 0.05) is 5.02 Å². The van der Waals surface area contributed by atoms with E-state index in [9.17, 15) is 14.0 Å². The summed E-state index contributed by atoms with van der Waals surface area (Å²) in [5.74, 6) is -0.756. The number of halogens is 3. The predicted octanol–water partition coefficient (Wildman–Crippen LogP) is 4.73. The fourth-order valence-corrected chi connectivity index (χ4v) is 3.20. The van der Waals surface area contributed by atoms with Crippen LogP contribution in [-0.2, 0) is 16.1 Å². The van der Waals surface area contributed by atoms with Crippen LogP contribution in [0.2, 0.25) is 10.0 Å². The molecule has 1 N–H and O–H groups in total. The highest BCUT2D eigenvalue weighted by Gasteiger charge is 2.23. The third-order valence-electron chi connectivity index (χ3n) is 3.67. The third kappa shape index (κ3) is 6.72. The van der Waals surface area contributed by atoms with Crippen LogP contribution in [0.15, 0.2) is 42.5 Å². The molecule has 0 aliphatic rings. The summed E-state index contributed by atoms with van der Waals surface area (Å²) in [6.45, 7) is -0.00749. The van der Waals surface area contributed by atoms with Crippen molar-refractivity contribution in [3.8, 4) is 0 Å². The Balaban J connectivity index is 2.03. The molecule has 1 unspecified atom stereocenters. The van der Waals surface area contributed by atoms with E-state index >= 15 is 0 Å². The quantitative estimate of drug-likeness (QED) is 0.616. The zero-order chi connectivity index (χ0) is 19.8. The first kappa shape index (κ1) is 21.5. The lowest BCUT2D eigenvalue weighted by atomic mass is 10.1. The molecule has 0 spiro atoms. The summed E-state index contributed by atoms with van der Waals surface area (Å²) in [6.07, 6.45) is 2.30. The lowest BCUT2D eigenvalue weighted by molar-refractivity contribution is -0.147. The first-order chi connectivity index (χ1) is 12.9. The van der Waals surface area contributed by atoms with E-state index in [2.05, 4.69) is 5.32 Å². The molecule has 27 heavy (non-hydrogen) atoms. The maximum Gasteiger partial charge on any atom is 0.329 e. The van der Waals surface area contributed by atoms with Gasteiger partial charge in [-0.1, -0.05) is 35.3 Å². The fourth-order valence-electron chi connectivity index (χ4n) is 2.23. The van der Waals surface area contributed by atoms with Gasteiger partial charge in [-0.05, 0) is 54.3 Å². The van der Waals surface area contributed by atoms with E-state index in [1.807, 2.05) is 6.26 Å². The van der Waals surface area contributed by atoms with Gasteiger partial charge < -0.3 is 10.1 Å². The molecule has 0 aliphatic carbocycles. The van der Waals surface area contributed by atoms with Crippen molar-refractivity contribution in [2.24, 2.45) is 0 Å². The summed E-state index contributed by atoms with van der Waals surface area (Å²) in [6, 6.07) is 9.33. The van der Waals surface area contributed by atoms with Crippen LogP contribution < -0.4 is 5.32 Å². The van der Waals surface area contributed by atoms with E-state index < -0.39 is 17.9 Å². The average molecular weight is 430 g/mol. The first-order valence-corrected chi connectivity index (χ1v) is 10.2. The summed E-state index contributed by atoms with van der Waals surface area (Å²) in [5.41, 5.74) is 0.877. The molecule has 2 aromatic carbocycles. The van der Waals surface area contributed by atoms with Crippen molar-refractivity contribution in [2.75, 3.05) is 12.0 Å². The monoisotopic (exact) mass is 429 g/mol. The van der Waals surface area contributed by atoms with Crippen LogP contribution >= 0.6 is 35.0 Å². The van der Waals surface area contributed by atoms with Crippen LogP contribution in [-0.4, -0.2) is 29.9 Å². The van der Waals surface area contributed by atoms with Crippen molar-refractivity contribution in [1.29, 1.82) is 0 Å². The minimum absolute atomic E-state index is 0.00749. The molecule has 0 fully saturated rings. The Morgan fingerprint density at radius 3 is 2.52 bits per heavy atom. The molecule has 1 amide bonds. The molecule has 144 valence electrons. The minimum atomic E-state index is -0.822. The Labute approximate surface area is 171 Å². The number of hydrogen-bond donors (Lipinski definition) is 1. The Hall–Kier alpha value is -1.76. The van der Waals surface area contributed by atoms with Crippen LogP contribution in [0, 0.1) is 5.82 Å². The largest absolute Gasteiger partial charge is 0.459 e. The normalized spacial score (nSPS) is 11.7. The van der Waals surface area contributed by atoms with Gasteiger partial charge in [-0.15, -0.1) is 0 Å². The van der Waals surface area contributed by atoms with Gasteiger partial charge in [0.25, 0.3) is 5.91 Å². The van der Waals surface area contributed by atoms with Crippen molar-refractivity contribution < 1.29 is 18.7 Å². The molecule has 0 aromatic heterocycles. The maximum atomic E-state index is 12.9. The number of esters is 1. The number of nitrogens with one attached hydrogen (secondary N) is 1. The molecule has 0 aliphatic heterocycles. The zero-order valence-electron chi connectivity index (χ0n) is 14.5. The predicted molar refractivity (Wildman–Crippen MR) is 107 cm³/mol. The summed E-state index contributed by atoms with van der Waals surface area (Å²) in [7, 11) is 0. The van der Waals surface area contributed by atoms with E-state index in [-0.39, 0.29) is 23.0 Å². The maximum absolute atomic E-state index is 12.9. The topological polar surface area (TPSA) is 55.4 Å². The number of amides is 1. The van der Waals surface area contributed by atoms with E-state index in [1.165, 1.54) is 36.4 Å². The number of hydrogen-bond acceptors (Lipinski definition) is 4. The molecule has 0 saturated carbocycles. The molecule has 0 bridgehead atoms. The SMILES string of the molecule is CSCCC(NC(=O)c1ccc(Cl)cc1Cl)C(=O)OCc1ccc(F)cc1. The van der Waals surface area contributed by atoms with Gasteiger partial charge in [0.05, 0.1) is 10.6 Å². The number of thioether (sulfide) groups is 1. The van der Waals surface area contributed by atoms with Gasteiger partial charge >= 0.3 is 5.97 Å². The van der Waals surface area contributed by atoms with E-state index in [0.717, 1.165) is 0 Å². The van der Waals surface area contributed by atoms with Crippen molar-refractivity contribution in [3.63, 3.8) is 0 Å². The molecule has 8 heteroatoms. The second kappa shape index (κ2) is 10.5.